The number of hydrogen-bond acceptors (Lipinski definition) is 3. The molecule has 4 nitrogen and oxygen atoms in total. The maximum absolute atomic E-state index is 11.2. The van der Waals surface area contributed by atoms with Crippen LogP contribution < -0.4 is 0 Å². The van der Waals surface area contributed by atoms with Gasteiger partial charge < -0.3 is 9.84 Å². The van der Waals surface area contributed by atoms with Gasteiger partial charge in [-0.15, -0.1) is 0 Å². The zero-order chi connectivity index (χ0) is 15.2. The van der Waals surface area contributed by atoms with Gasteiger partial charge in [0.05, 0.1) is 19.6 Å². The Morgan fingerprint density at radius 2 is 1.86 bits per heavy atom. The highest BCUT2D eigenvalue weighted by molar-refractivity contribution is 5.68. The van der Waals surface area contributed by atoms with Crippen molar-refractivity contribution in [2.45, 2.75) is 32.7 Å². The minimum Gasteiger partial charge on any atom is -0.481 e. The first-order chi connectivity index (χ1) is 10.1. The van der Waals surface area contributed by atoms with Gasteiger partial charge in [0.25, 0.3) is 0 Å². The molecule has 21 heavy (non-hydrogen) atoms. The van der Waals surface area contributed by atoms with E-state index in [0.29, 0.717) is 19.1 Å². The first kappa shape index (κ1) is 16.0. The Bertz CT molecular complexity index is 450. The third kappa shape index (κ3) is 4.83. The van der Waals surface area contributed by atoms with Crippen molar-refractivity contribution in [1.29, 1.82) is 0 Å². The van der Waals surface area contributed by atoms with Crippen LogP contribution in [0.15, 0.2) is 24.3 Å². The predicted octanol–water partition coefficient (Wildman–Crippen LogP) is 2.73. The molecule has 1 atom stereocenters. The highest BCUT2D eigenvalue weighted by atomic mass is 16.5. The molecule has 4 heteroatoms. The van der Waals surface area contributed by atoms with Gasteiger partial charge in [0, 0.05) is 19.1 Å². The molecule has 2 rings (SSSR count). The molecule has 1 aliphatic heterocycles. The van der Waals surface area contributed by atoms with Crippen molar-refractivity contribution in [3.8, 4) is 0 Å². The van der Waals surface area contributed by atoms with Crippen LogP contribution >= 0.6 is 0 Å². The number of hydrogen-bond donors (Lipinski definition) is 1. The van der Waals surface area contributed by atoms with Crippen molar-refractivity contribution in [3.63, 3.8) is 0 Å². The summed E-state index contributed by atoms with van der Waals surface area (Å²) in [4.78, 5) is 13.4. The van der Waals surface area contributed by atoms with E-state index < -0.39 is 5.97 Å². The van der Waals surface area contributed by atoms with E-state index in [-0.39, 0.29) is 12.5 Å². The Balaban J connectivity index is 2.13. The fourth-order valence-electron chi connectivity index (χ4n) is 2.86. The van der Waals surface area contributed by atoms with Crippen molar-refractivity contribution in [2.75, 3.05) is 26.3 Å². The lowest BCUT2D eigenvalue weighted by molar-refractivity contribution is -0.139. The van der Waals surface area contributed by atoms with Gasteiger partial charge in [-0.25, -0.2) is 0 Å². The maximum Gasteiger partial charge on any atom is 0.305 e. The zero-order valence-corrected chi connectivity index (χ0v) is 12.9. The van der Waals surface area contributed by atoms with Crippen molar-refractivity contribution in [2.24, 2.45) is 5.92 Å². The van der Waals surface area contributed by atoms with E-state index in [9.17, 15) is 9.90 Å². The molecule has 1 aromatic rings. The molecule has 1 N–H and O–H groups in total. The number of nitrogens with zero attached hydrogens (tertiary/aromatic N) is 1. The zero-order valence-electron chi connectivity index (χ0n) is 12.9. The van der Waals surface area contributed by atoms with E-state index in [1.807, 2.05) is 0 Å². The number of carboxylic acids is 1. The van der Waals surface area contributed by atoms with Crippen LogP contribution in [0.4, 0.5) is 0 Å². The van der Waals surface area contributed by atoms with E-state index in [1.165, 1.54) is 5.56 Å². The van der Waals surface area contributed by atoms with Gasteiger partial charge in [-0.2, -0.15) is 0 Å². The minimum absolute atomic E-state index is 0.0560. The second-order valence-corrected chi connectivity index (χ2v) is 6.10. The van der Waals surface area contributed by atoms with E-state index in [2.05, 4.69) is 43.0 Å². The smallest absolute Gasteiger partial charge is 0.305 e. The summed E-state index contributed by atoms with van der Waals surface area (Å²) in [5.74, 6) is -0.123. The lowest BCUT2D eigenvalue weighted by atomic mass is 9.97. The van der Waals surface area contributed by atoms with Crippen LogP contribution in [0.25, 0.3) is 0 Å². The largest absolute Gasteiger partial charge is 0.481 e. The number of carboxylic acid groups (broad SMARTS) is 1. The van der Waals surface area contributed by atoms with E-state index >= 15 is 0 Å². The average molecular weight is 291 g/mol. The number of aliphatic carboxylic acids is 1. The molecule has 0 saturated carbocycles. The number of morpholine rings is 1. The number of ether oxygens (including phenoxy) is 1. The molecule has 0 aliphatic carbocycles. The molecule has 1 aromatic carbocycles. The third-order valence-electron chi connectivity index (χ3n) is 3.86. The SMILES string of the molecule is CC(C)Cc1ccc(C(CC(=O)O)N2CCOCC2)cc1. The lowest BCUT2D eigenvalue weighted by Crippen LogP contribution is -2.39. The fraction of sp³-hybridized carbons (Fsp3) is 0.588. The van der Waals surface area contributed by atoms with Crippen molar-refractivity contribution in [3.05, 3.63) is 35.4 Å². The predicted molar refractivity (Wildman–Crippen MR) is 82.4 cm³/mol. The minimum atomic E-state index is -0.752. The maximum atomic E-state index is 11.2. The van der Waals surface area contributed by atoms with Gasteiger partial charge in [-0.05, 0) is 23.5 Å². The molecule has 1 heterocycles. The first-order valence-electron chi connectivity index (χ1n) is 7.68. The summed E-state index contributed by atoms with van der Waals surface area (Å²) >= 11 is 0. The highest BCUT2D eigenvalue weighted by Crippen LogP contribution is 2.26. The molecule has 1 fully saturated rings. The van der Waals surface area contributed by atoms with Crippen LogP contribution in [0.1, 0.15) is 37.4 Å². The van der Waals surface area contributed by atoms with E-state index in [1.54, 1.807) is 0 Å². The molecule has 1 aliphatic rings. The van der Waals surface area contributed by atoms with E-state index in [0.717, 1.165) is 25.1 Å². The monoisotopic (exact) mass is 291 g/mol. The highest BCUT2D eigenvalue weighted by Gasteiger charge is 2.24. The van der Waals surface area contributed by atoms with Crippen LogP contribution in [-0.4, -0.2) is 42.3 Å². The second kappa shape index (κ2) is 7.57. The summed E-state index contributed by atoms with van der Waals surface area (Å²) in [6.45, 7) is 7.37. The Morgan fingerprint density at radius 3 is 2.38 bits per heavy atom. The molecule has 0 radical (unpaired) electrons. The molecule has 1 unspecified atom stereocenters. The number of rotatable bonds is 6. The van der Waals surface area contributed by atoms with Crippen LogP contribution in [-0.2, 0) is 16.0 Å². The van der Waals surface area contributed by atoms with E-state index in [4.69, 9.17) is 4.74 Å². The molecule has 0 amide bonds. The fourth-order valence-corrected chi connectivity index (χ4v) is 2.86. The topological polar surface area (TPSA) is 49.8 Å². The summed E-state index contributed by atoms with van der Waals surface area (Å²) in [6, 6.07) is 8.37. The van der Waals surface area contributed by atoms with Crippen LogP contribution in [0.2, 0.25) is 0 Å². The Labute approximate surface area is 126 Å². The molecule has 116 valence electrons. The van der Waals surface area contributed by atoms with Gasteiger partial charge in [0.1, 0.15) is 0 Å². The van der Waals surface area contributed by atoms with Crippen LogP contribution in [0, 0.1) is 5.92 Å². The molecular weight excluding hydrogens is 266 g/mol. The van der Waals surface area contributed by atoms with Crippen LogP contribution in [0.5, 0.6) is 0 Å². The standard InChI is InChI=1S/C17H25NO3/c1-13(2)11-14-3-5-15(6-4-14)16(12-17(19)20)18-7-9-21-10-8-18/h3-6,13,16H,7-12H2,1-2H3,(H,19,20). The van der Waals surface area contributed by atoms with Gasteiger partial charge in [-0.3, -0.25) is 9.69 Å². The van der Waals surface area contributed by atoms with Gasteiger partial charge in [0.15, 0.2) is 0 Å². The summed E-state index contributed by atoms with van der Waals surface area (Å²) in [5.41, 5.74) is 2.40. The average Bonchev–Trinajstić information content (AvgIpc) is 2.46. The number of carbonyl (C=O) groups is 1. The second-order valence-electron chi connectivity index (χ2n) is 6.10. The first-order valence-corrected chi connectivity index (χ1v) is 7.68. The molecule has 1 saturated heterocycles. The molecular formula is C17H25NO3. The van der Waals surface area contributed by atoms with Gasteiger partial charge in [0.2, 0.25) is 0 Å². The molecule has 0 bridgehead atoms. The van der Waals surface area contributed by atoms with Gasteiger partial charge >= 0.3 is 5.97 Å². The Morgan fingerprint density at radius 1 is 1.24 bits per heavy atom. The van der Waals surface area contributed by atoms with Crippen molar-refractivity contribution < 1.29 is 14.6 Å². The van der Waals surface area contributed by atoms with Crippen molar-refractivity contribution in [1.82, 2.24) is 4.90 Å². The summed E-state index contributed by atoms with van der Waals surface area (Å²) < 4.78 is 5.36. The van der Waals surface area contributed by atoms with Crippen LogP contribution in [0.3, 0.4) is 0 Å². The summed E-state index contributed by atoms with van der Waals surface area (Å²) in [6.07, 6.45) is 1.20. The normalized spacial score (nSPS) is 17.9. The summed E-state index contributed by atoms with van der Waals surface area (Å²) in [7, 11) is 0. The summed E-state index contributed by atoms with van der Waals surface area (Å²) in [5, 5.41) is 9.19. The van der Waals surface area contributed by atoms with Crippen molar-refractivity contribution >= 4 is 5.97 Å². The third-order valence-corrected chi connectivity index (χ3v) is 3.86. The number of benzene rings is 1. The Kier molecular flexibility index (Phi) is 5.76. The molecule has 0 spiro atoms. The van der Waals surface area contributed by atoms with Gasteiger partial charge in [-0.1, -0.05) is 38.1 Å². The quantitative estimate of drug-likeness (QED) is 0.875. The Hall–Kier alpha value is -1.39. The lowest BCUT2D eigenvalue weighted by Gasteiger charge is -2.34. The molecule has 0 aromatic heterocycles.